The molecule has 0 saturated carbocycles. The first-order valence-corrected chi connectivity index (χ1v) is 8.49. The minimum Gasteiger partial charge on any atom is -0.351 e. The van der Waals surface area contributed by atoms with Crippen LogP contribution in [0.2, 0.25) is 0 Å². The van der Waals surface area contributed by atoms with Gasteiger partial charge >= 0.3 is 0 Å². The van der Waals surface area contributed by atoms with Crippen LogP contribution in [0.1, 0.15) is 12.8 Å². The second kappa shape index (κ2) is 6.02. The van der Waals surface area contributed by atoms with Gasteiger partial charge in [-0.2, -0.15) is 0 Å². The van der Waals surface area contributed by atoms with Gasteiger partial charge < -0.3 is 10.6 Å². The Hall–Kier alpha value is -1.98. The number of nitrogens with zero attached hydrogens (tertiary/aromatic N) is 2. The van der Waals surface area contributed by atoms with Gasteiger partial charge in [0.2, 0.25) is 5.95 Å². The second-order valence-electron chi connectivity index (χ2n) is 5.58. The van der Waals surface area contributed by atoms with E-state index in [1.807, 2.05) is 12.3 Å². The number of aromatic nitrogens is 2. The van der Waals surface area contributed by atoms with Crippen LogP contribution in [0.5, 0.6) is 0 Å². The first kappa shape index (κ1) is 13.7. The van der Waals surface area contributed by atoms with Crippen LogP contribution in [0.4, 0.5) is 5.95 Å². The molecule has 0 amide bonds. The van der Waals surface area contributed by atoms with E-state index in [1.165, 1.54) is 15.0 Å². The normalized spacial score (nSPS) is 16.0. The van der Waals surface area contributed by atoms with Gasteiger partial charge in [-0.25, -0.2) is 9.97 Å². The van der Waals surface area contributed by atoms with Crippen molar-refractivity contribution >= 4 is 27.4 Å². The third-order valence-corrected chi connectivity index (χ3v) is 5.14. The van der Waals surface area contributed by atoms with Gasteiger partial charge in [0, 0.05) is 16.9 Å². The Bertz CT molecular complexity index is 744. The van der Waals surface area contributed by atoms with Crippen molar-refractivity contribution < 1.29 is 0 Å². The van der Waals surface area contributed by atoms with Crippen LogP contribution >= 0.6 is 11.3 Å². The van der Waals surface area contributed by atoms with Crippen LogP contribution in [0, 0.1) is 0 Å². The molecule has 1 saturated heterocycles. The Labute approximate surface area is 133 Å². The minimum absolute atomic E-state index is 0.471. The molecule has 0 spiro atoms. The minimum atomic E-state index is 0.471. The maximum absolute atomic E-state index is 4.70. The lowest BCUT2D eigenvalue weighted by molar-refractivity contribution is 0.477. The van der Waals surface area contributed by atoms with Crippen molar-refractivity contribution in [2.75, 3.05) is 18.4 Å². The standard InChI is InChI=1S/C17H18N4S/c1-2-4-15-12(3-1)11-16(22-15)14-7-10-19-17(21-14)20-13-5-8-18-9-6-13/h1-4,7,10-11,13,18H,5-6,8-9H2,(H,19,20,21). The predicted molar refractivity (Wildman–Crippen MR) is 92.4 cm³/mol. The van der Waals surface area contributed by atoms with Crippen molar-refractivity contribution in [2.24, 2.45) is 0 Å². The predicted octanol–water partition coefficient (Wildman–Crippen LogP) is 3.52. The fourth-order valence-corrected chi connectivity index (χ4v) is 3.85. The van der Waals surface area contributed by atoms with Gasteiger partial charge in [-0.3, -0.25) is 0 Å². The molecule has 0 bridgehead atoms. The van der Waals surface area contributed by atoms with Crippen LogP contribution in [-0.4, -0.2) is 29.1 Å². The van der Waals surface area contributed by atoms with Gasteiger partial charge in [-0.1, -0.05) is 18.2 Å². The van der Waals surface area contributed by atoms with Gasteiger partial charge in [-0.15, -0.1) is 11.3 Å². The Morgan fingerprint density at radius 3 is 2.86 bits per heavy atom. The van der Waals surface area contributed by atoms with Crippen molar-refractivity contribution in [3.63, 3.8) is 0 Å². The van der Waals surface area contributed by atoms with E-state index in [0.717, 1.165) is 37.6 Å². The Balaban J connectivity index is 1.60. The Kier molecular flexibility index (Phi) is 3.74. The molecule has 4 nitrogen and oxygen atoms in total. The Morgan fingerprint density at radius 2 is 2.00 bits per heavy atom. The molecule has 4 rings (SSSR count). The van der Waals surface area contributed by atoms with Crippen LogP contribution in [0.15, 0.2) is 42.6 Å². The molecule has 5 heteroatoms. The molecule has 3 heterocycles. The highest BCUT2D eigenvalue weighted by Gasteiger charge is 2.14. The number of fused-ring (bicyclic) bond motifs is 1. The number of nitrogens with one attached hydrogen (secondary N) is 2. The lowest BCUT2D eigenvalue weighted by Gasteiger charge is -2.23. The van der Waals surface area contributed by atoms with Gasteiger partial charge in [0.05, 0.1) is 10.6 Å². The lowest BCUT2D eigenvalue weighted by atomic mass is 10.1. The summed E-state index contributed by atoms with van der Waals surface area (Å²) in [5.41, 5.74) is 0.993. The summed E-state index contributed by atoms with van der Waals surface area (Å²) in [5, 5.41) is 8.11. The molecule has 0 radical (unpaired) electrons. The number of anilines is 1. The highest BCUT2D eigenvalue weighted by atomic mass is 32.1. The number of hydrogen-bond donors (Lipinski definition) is 2. The molecule has 0 aliphatic carbocycles. The van der Waals surface area contributed by atoms with E-state index < -0.39 is 0 Å². The first-order valence-electron chi connectivity index (χ1n) is 7.68. The Morgan fingerprint density at radius 1 is 1.14 bits per heavy atom. The zero-order chi connectivity index (χ0) is 14.8. The SMILES string of the molecule is c1ccc2sc(-c3ccnc(NC4CCNCC4)n3)cc2c1. The quantitative estimate of drug-likeness (QED) is 0.777. The van der Waals surface area contributed by atoms with Crippen molar-refractivity contribution in [3.05, 3.63) is 42.6 Å². The van der Waals surface area contributed by atoms with E-state index >= 15 is 0 Å². The summed E-state index contributed by atoms with van der Waals surface area (Å²) in [4.78, 5) is 10.3. The van der Waals surface area contributed by atoms with E-state index in [9.17, 15) is 0 Å². The molecular formula is C17H18N4S. The van der Waals surface area contributed by atoms with Gasteiger partial charge in [0.1, 0.15) is 0 Å². The molecule has 112 valence electrons. The molecule has 3 aromatic rings. The highest BCUT2D eigenvalue weighted by Crippen LogP contribution is 2.32. The third kappa shape index (κ3) is 2.82. The van der Waals surface area contributed by atoms with Crippen LogP contribution in [0.3, 0.4) is 0 Å². The van der Waals surface area contributed by atoms with Crippen molar-refractivity contribution in [1.82, 2.24) is 15.3 Å². The third-order valence-electron chi connectivity index (χ3n) is 4.01. The van der Waals surface area contributed by atoms with Crippen molar-refractivity contribution in [3.8, 4) is 10.6 Å². The van der Waals surface area contributed by atoms with E-state index in [0.29, 0.717) is 6.04 Å². The average Bonchev–Trinajstić information content (AvgIpc) is 3.00. The number of thiophene rings is 1. The van der Waals surface area contributed by atoms with E-state index in [2.05, 4.69) is 45.9 Å². The monoisotopic (exact) mass is 310 g/mol. The van der Waals surface area contributed by atoms with E-state index in [4.69, 9.17) is 4.98 Å². The molecule has 22 heavy (non-hydrogen) atoms. The van der Waals surface area contributed by atoms with E-state index in [1.54, 1.807) is 11.3 Å². The smallest absolute Gasteiger partial charge is 0.223 e. The molecule has 1 aliphatic heterocycles. The summed E-state index contributed by atoms with van der Waals surface area (Å²) in [6.45, 7) is 2.13. The fourth-order valence-electron chi connectivity index (χ4n) is 2.82. The van der Waals surface area contributed by atoms with Gasteiger partial charge in [-0.05, 0) is 49.5 Å². The number of rotatable bonds is 3. The van der Waals surface area contributed by atoms with Crippen LogP contribution in [-0.2, 0) is 0 Å². The van der Waals surface area contributed by atoms with Crippen molar-refractivity contribution in [1.29, 1.82) is 0 Å². The summed E-state index contributed by atoms with van der Waals surface area (Å²) < 4.78 is 1.30. The fraction of sp³-hybridized carbons (Fsp3) is 0.294. The molecule has 0 unspecified atom stereocenters. The summed E-state index contributed by atoms with van der Waals surface area (Å²) in [6, 6.07) is 13.1. The number of benzene rings is 1. The average molecular weight is 310 g/mol. The van der Waals surface area contributed by atoms with Gasteiger partial charge in [0.25, 0.3) is 0 Å². The zero-order valence-electron chi connectivity index (χ0n) is 12.2. The maximum Gasteiger partial charge on any atom is 0.223 e. The zero-order valence-corrected chi connectivity index (χ0v) is 13.1. The van der Waals surface area contributed by atoms with Crippen molar-refractivity contribution in [2.45, 2.75) is 18.9 Å². The number of piperidine rings is 1. The molecular weight excluding hydrogens is 292 g/mol. The molecule has 1 fully saturated rings. The van der Waals surface area contributed by atoms with Crippen LogP contribution < -0.4 is 10.6 Å². The topological polar surface area (TPSA) is 49.8 Å². The molecule has 0 atom stereocenters. The molecule has 1 aromatic carbocycles. The summed E-state index contributed by atoms with van der Waals surface area (Å²) >= 11 is 1.78. The summed E-state index contributed by atoms with van der Waals surface area (Å²) in [6.07, 6.45) is 4.09. The highest BCUT2D eigenvalue weighted by molar-refractivity contribution is 7.22. The molecule has 1 aliphatic rings. The lowest BCUT2D eigenvalue weighted by Crippen LogP contribution is -2.35. The second-order valence-corrected chi connectivity index (χ2v) is 6.67. The van der Waals surface area contributed by atoms with Crippen LogP contribution in [0.25, 0.3) is 20.7 Å². The van der Waals surface area contributed by atoms with Gasteiger partial charge in [0.15, 0.2) is 0 Å². The molecule has 2 aromatic heterocycles. The molecule has 2 N–H and O–H groups in total. The van der Waals surface area contributed by atoms with E-state index in [-0.39, 0.29) is 0 Å². The summed E-state index contributed by atoms with van der Waals surface area (Å²) in [7, 11) is 0. The maximum atomic E-state index is 4.70. The number of hydrogen-bond acceptors (Lipinski definition) is 5. The largest absolute Gasteiger partial charge is 0.351 e. The summed E-state index contributed by atoms with van der Waals surface area (Å²) in [5.74, 6) is 0.738. The first-order chi connectivity index (χ1) is 10.9.